The van der Waals surface area contributed by atoms with Crippen LogP contribution < -0.4 is 10.6 Å². The summed E-state index contributed by atoms with van der Waals surface area (Å²) < 4.78 is 5.11. The quantitative estimate of drug-likeness (QED) is 0.336. The van der Waals surface area contributed by atoms with E-state index in [1.165, 1.54) is 0 Å². The van der Waals surface area contributed by atoms with Gasteiger partial charge in [0.25, 0.3) is 0 Å². The van der Waals surface area contributed by atoms with Crippen molar-refractivity contribution in [1.82, 2.24) is 15.5 Å². The fraction of sp³-hybridized carbons (Fsp3) is 0.556. The van der Waals surface area contributed by atoms with Crippen molar-refractivity contribution in [3.05, 3.63) is 35.9 Å². The van der Waals surface area contributed by atoms with Gasteiger partial charge in [-0.1, -0.05) is 30.3 Å². The number of carbonyl (C=O) groups is 1. The highest BCUT2D eigenvalue weighted by Crippen LogP contribution is 2.04. The molecular weight excluding hydrogens is 431 g/mol. The van der Waals surface area contributed by atoms with Gasteiger partial charge in [-0.2, -0.15) is 0 Å². The van der Waals surface area contributed by atoms with E-state index in [1.807, 2.05) is 51.1 Å². The van der Waals surface area contributed by atoms with Crippen LogP contribution in [0, 0.1) is 0 Å². The molecule has 1 amide bonds. The lowest BCUT2D eigenvalue weighted by atomic mass is 10.2. The molecule has 1 rings (SSSR count). The number of nitrogens with one attached hydrogen (secondary N) is 2. The van der Waals surface area contributed by atoms with Crippen molar-refractivity contribution >= 4 is 35.8 Å². The van der Waals surface area contributed by atoms with Crippen molar-refractivity contribution in [1.29, 1.82) is 0 Å². The second kappa shape index (κ2) is 13.9. The van der Waals surface area contributed by atoms with Crippen molar-refractivity contribution in [2.24, 2.45) is 4.99 Å². The summed E-state index contributed by atoms with van der Waals surface area (Å²) in [6.07, 6.45) is 0. The first-order chi connectivity index (χ1) is 11.6. The highest BCUT2D eigenvalue weighted by Gasteiger charge is 2.12. The van der Waals surface area contributed by atoms with Crippen molar-refractivity contribution < 1.29 is 9.53 Å². The maximum absolute atomic E-state index is 12.4. The Morgan fingerprint density at radius 1 is 1.28 bits per heavy atom. The molecule has 1 aromatic carbocycles. The summed E-state index contributed by atoms with van der Waals surface area (Å²) in [6.45, 7) is 8.68. The van der Waals surface area contributed by atoms with Gasteiger partial charge in [0, 0.05) is 32.8 Å². The molecule has 0 bridgehead atoms. The molecule has 0 aliphatic heterocycles. The van der Waals surface area contributed by atoms with Gasteiger partial charge in [-0.3, -0.25) is 4.79 Å². The van der Waals surface area contributed by atoms with Crippen molar-refractivity contribution in [2.45, 2.75) is 33.4 Å². The highest BCUT2D eigenvalue weighted by molar-refractivity contribution is 14.0. The minimum atomic E-state index is 0. The van der Waals surface area contributed by atoms with Gasteiger partial charge >= 0.3 is 0 Å². The fourth-order valence-electron chi connectivity index (χ4n) is 2.27. The topological polar surface area (TPSA) is 66.0 Å². The number of hydrogen-bond donors (Lipinski definition) is 2. The van der Waals surface area contributed by atoms with E-state index in [4.69, 9.17) is 4.74 Å². The number of halogens is 1. The second-order valence-corrected chi connectivity index (χ2v) is 5.59. The number of rotatable bonds is 9. The molecule has 0 fully saturated rings. The fourth-order valence-corrected chi connectivity index (χ4v) is 2.27. The number of aliphatic imine (C=N–C) groups is 1. The summed E-state index contributed by atoms with van der Waals surface area (Å²) in [6, 6.07) is 10.1. The van der Waals surface area contributed by atoms with E-state index in [0.717, 1.165) is 12.1 Å². The van der Waals surface area contributed by atoms with Gasteiger partial charge in [0.15, 0.2) is 5.96 Å². The third kappa shape index (κ3) is 9.64. The molecule has 0 heterocycles. The molecule has 1 atom stereocenters. The molecule has 0 radical (unpaired) electrons. The minimum Gasteiger partial charge on any atom is -0.383 e. The molecule has 0 aliphatic carbocycles. The summed E-state index contributed by atoms with van der Waals surface area (Å²) in [7, 11) is 1.66. The van der Waals surface area contributed by atoms with Gasteiger partial charge in [0.2, 0.25) is 5.91 Å². The molecular formula is C18H31IN4O2. The normalized spacial score (nSPS) is 12.1. The molecule has 7 heteroatoms. The molecule has 0 spiro atoms. The first-order valence-electron chi connectivity index (χ1n) is 8.46. The molecule has 0 saturated carbocycles. The Hall–Kier alpha value is -1.35. The van der Waals surface area contributed by atoms with E-state index < -0.39 is 0 Å². The number of hydrogen-bond acceptors (Lipinski definition) is 3. The molecule has 142 valence electrons. The van der Waals surface area contributed by atoms with E-state index in [9.17, 15) is 4.79 Å². The maximum atomic E-state index is 12.4. The highest BCUT2D eigenvalue weighted by atomic mass is 127. The van der Waals surface area contributed by atoms with Crippen LogP contribution in [-0.2, 0) is 16.1 Å². The maximum Gasteiger partial charge on any atom is 0.244 e. The second-order valence-electron chi connectivity index (χ2n) is 5.59. The predicted molar refractivity (Wildman–Crippen MR) is 113 cm³/mol. The van der Waals surface area contributed by atoms with Gasteiger partial charge in [0.1, 0.15) is 6.54 Å². The first-order valence-corrected chi connectivity index (χ1v) is 8.46. The summed E-state index contributed by atoms with van der Waals surface area (Å²) in [4.78, 5) is 18.6. The smallest absolute Gasteiger partial charge is 0.244 e. The van der Waals surface area contributed by atoms with Crippen LogP contribution in [0.3, 0.4) is 0 Å². The Morgan fingerprint density at radius 2 is 1.96 bits per heavy atom. The number of likely N-dealkylation sites (N-methyl/N-ethyl adjacent to an activating group) is 1. The molecule has 25 heavy (non-hydrogen) atoms. The van der Waals surface area contributed by atoms with E-state index in [-0.39, 0.29) is 42.5 Å². The monoisotopic (exact) mass is 462 g/mol. The molecule has 6 nitrogen and oxygen atoms in total. The number of amides is 1. The van der Waals surface area contributed by atoms with Gasteiger partial charge in [0.05, 0.1) is 6.61 Å². The van der Waals surface area contributed by atoms with E-state index >= 15 is 0 Å². The molecule has 0 saturated heterocycles. The Morgan fingerprint density at radius 3 is 2.52 bits per heavy atom. The van der Waals surface area contributed by atoms with Crippen LogP contribution in [0.4, 0.5) is 0 Å². The molecule has 1 aromatic rings. The lowest BCUT2D eigenvalue weighted by molar-refractivity contribution is -0.130. The average Bonchev–Trinajstić information content (AvgIpc) is 2.58. The molecule has 0 aliphatic rings. The Bertz CT molecular complexity index is 511. The Balaban J connectivity index is 0.00000576. The molecule has 2 N–H and O–H groups in total. The van der Waals surface area contributed by atoms with Gasteiger partial charge in [-0.25, -0.2) is 4.99 Å². The minimum absolute atomic E-state index is 0. The van der Waals surface area contributed by atoms with Crippen LogP contribution in [-0.4, -0.2) is 56.2 Å². The van der Waals surface area contributed by atoms with Crippen molar-refractivity contribution in [3.8, 4) is 0 Å². The number of ether oxygens (including phenoxy) is 1. The van der Waals surface area contributed by atoms with Gasteiger partial charge < -0.3 is 20.3 Å². The lowest BCUT2D eigenvalue weighted by Gasteiger charge is -2.21. The van der Waals surface area contributed by atoms with Gasteiger partial charge in [-0.15, -0.1) is 24.0 Å². The zero-order valence-electron chi connectivity index (χ0n) is 15.6. The van der Waals surface area contributed by atoms with E-state index in [1.54, 1.807) is 12.0 Å². The summed E-state index contributed by atoms with van der Waals surface area (Å²) in [5.74, 6) is 0.643. The standard InChI is InChI=1S/C18H30N4O2.HI/c1-5-19-18(21-15(3)14-24-4)20-12-17(23)22(6-2)13-16-10-8-7-9-11-16;/h7-11,15H,5-6,12-14H2,1-4H3,(H2,19,20,21);1H. The van der Waals surface area contributed by atoms with Crippen molar-refractivity contribution in [2.75, 3.05) is 33.4 Å². The van der Waals surface area contributed by atoms with Crippen LogP contribution in [0.25, 0.3) is 0 Å². The third-order valence-electron chi connectivity index (χ3n) is 3.47. The Labute approximate surface area is 168 Å². The largest absolute Gasteiger partial charge is 0.383 e. The average molecular weight is 462 g/mol. The number of guanidine groups is 1. The number of benzene rings is 1. The number of nitrogens with zero attached hydrogens (tertiary/aromatic N) is 2. The predicted octanol–water partition coefficient (Wildman–Crippen LogP) is 2.24. The van der Waals surface area contributed by atoms with E-state index in [2.05, 4.69) is 15.6 Å². The lowest BCUT2D eigenvalue weighted by Crippen LogP contribution is -2.44. The van der Waals surface area contributed by atoms with Crippen LogP contribution in [0.15, 0.2) is 35.3 Å². The SMILES string of the molecule is CCNC(=NCC(=O)N(CC)Cc1ccccc1)NC(C)COC.I. The van der Waals surface area contributed by atoms with Crippen LogP contribution in [0.2, 0.25) is 0 Å². The first kappa shape index (κ1) is 23.6. The van der Waals surface area contributed by atoms with Crippen LogP contribution in [0.5, 0.6) is 0 Å². The number of carbonyl (C=O) groups excluding carboxylic acids is 1. The Kier molecular flexibility index (Phi) is 13.1. The van der Waals surface area contributed by atoms with E-state index in [0.29, 0.717) is 25.7 Å². The zero-order valence-corrected chi connectivity index (χ0v) is 17.9. The van der Waals surface area contributed by atoms with Crippen LogP contribution in [0.1, 0.15) is 26.3 Å². The summed E-state index contributed by atoms with van der Waals surface area (Å²) >= 11 is 0. The summed E-state index contributed by atoms with van der Waals surface area (Å²) in [5.41, 5.74) is 1.12. The third-order valence-corrected chi connectivity index (χ3v) is 3.47. The van der Waals surface area contributed by atoms with Crippen LogP contribution >= 0.6 is 24.0 Å². The molecule has 0 aromatic heterocycles. The van der Waals surface area contributed by atoms with Crippen molar-refractivity contribution in [3.63, 3.8) is 0 Å². The zero-order chi connectivity index (χ0) is 17.8. The van der Waals surface area contributed by atoms with Gasteiger partial charge in [-0.05, 0) is 26.3 Å². The summed E-state index contributed by atoms with van der Waals surface area (Å²) in [5, 5.41) is 6.37. The number of methoxy groups -OCH3 is 1. The molecule has 1 unspecified atom stereocenters.